The maximum Gasteiger partial charge on any atom is 0.309 e. The van der Waals surface area contributed by atoms with Crippen LogP contribution >= 0.6 is 0 Å². The molecule has 1 unspecified atom stereocenters. The van der Waals surface area contributed by atoms with E-state index in [0.29, 0.717) is 0 Å². The van der Waals surface area contributed by atoms with Gasteiger partial charge in [0.25, 0.3) is 0 Å². The molecule has 0 fully saturated rings. The van der Waals surface area contributed by atoms with Gasteiger partial charge >= 0.3 is 5.97 Å². The Morgan fingerprint density at radius 1 is 1.31 bits per heavy atom. The van der Waals surface area contributed by atoms with Crippen LogP contribution in [0.25, 0.3) is 0 Å². The van der Waals surface area contributed by atoms with E-state index in [0.717, 1.165) is 12.8 Å². The van der Waals surface area contributed by atoms with Crippen LogP contribution in [0, 0.1) is 5.92 Å². The van der Waals surface area contributed by atoms with Crippen LogP contribution in [-0.4, -0.2) is 19.6 Å². The van der Waals surface area contributed by atoms with Gasteiger partial charge in [0, 0.05) is 8.07 Å². The van der Waals surface area contributed by atoms with Crippen LogP contribution in [0.1, 0.15) is 40.5 Å². The topological polar surface area (TPSA) is 26.3 Å². The van der Waals surface area contributed by atoms with Crippen molar-refractivity contribution in [2.45, 2.75) is 71.8 Å². The fourth-order valence-electron chi connectivity index (χ4n) is 1.27. The minimum absolute atomic E-state index is 0.0196. The van der Waals surface area contributed by atoms with E-state index in [1.165, 1.54) is 6.04 Å². The Bertz CT molecular complexity index is 229. The molecule has 0 radical (unpaired) electrons. The zero-order valence-electron chi connectivity index (χ0n) is 12.0. The molecule has 0 heterocycles. The first-order valence-corrected chi connectivity index (χ1v) is 10.0. The summed E-state index contributed by atoms with van der Waals surface area (Å²) >= 11 is 0. The summed E-state index contributed by atoms with van der Waals surface area (Å²) < 4.78 is 5.57. The minimum Gasteiger partial charge on any atom is -0.459 e. The van der Waals surface area contributed by atoms with Crippen LogP contribution in [0.4, 0.5) is 0 Å². The Labute approximate surface area is 102 Å². The van der Waals surface area contributed by atoms with E-state index in [1.54, 1.807) is 0 Å². The zero-order valence-corrected chi connectivity index (χ0v) is 13.0. The standard InChI is InChI=1S/C13H28O2Si/c1-8-11(2)12(14)15-13(3,4)9-10-16(5,6)7/h11H,8-10H2,1-7H3. The Kier molecular flexibility index (Phi) is 5.74. The highest BCUT2D eigenvalue weighted by molar-refractivity contribution is 6.76. The lowest BCUT2D eigenvalue weighted by Crippen LogP contribution is -2.33. The van der Waals surface area contributed by atoms with Crippen LogP contribution in [0.5, 0.6) is 0 Å². The average Bonchev–Trinajstić information content (AvgIpc) is 2.12. The third kappa shape index (κ3) is 7.04. The molecule has 0 saturated carbocycles. The van der Waals surface area contributed by atoms with Gasteiger partial charge in [-0.05, 0) is 26.7 Å². The third-order valence-corrected chi connectivity index (χ3v) is 4.62. The van der Waals surface area contributed by atoms with E-state index in [-0.39, 0.29) is 17.5 Å². The molecule has 0 aromatic carbocycles. The molecule has 0 amide bonds. The van der Waals surface area contributed by atoms with Crippen LogP contribution in [0.3, 0.4) is 0 Å². The van der Waals surface area contributed by atoms with Crippen molar-refractivity contribution in [2.75, 3.05) is 0 Å². The summed E-state index contributed by atoms with van der Waals surface area (Å²) in [4.78, 5) is 11.7. The smallest absolute Gasteiger partial charge is 0.309 e. The lowest BCUT2D eigenvalue weighted by atomic mass is 10.1. The number of hydrogen-bond acceptors (Lipinski definition) is 2. The van der Waals surface area contributed by atoms with Gasteiger partial charge in [0.2, 0.25) is 0 Å². The largest absolute Gasteiger partial charge is 0.459 e. The molecule has 0 rings (SSSR count). The van der Waals surface area contributed by atoms with Gasteiger partial charge in [0.1, 0.15) is 5.60 Å². The predicted molar refractivity (Wildman–Crippen MR) is 72.4 cm³/mol. The Balaban J connectivity index is 4.19. The maximum atomic E-state index is 11.7. The molecule has 0 aliphatic rings. The number of hydrogen-bond donors (Lipinski definition) is 0. The SMILES string of the molecule is CCC(C)C(=O)OC(C)(C)CC[Si](C)(C)C. The number of esters is 1. The van der Waals surface area contributed by atoms with E-state index >= 15 is 0 Å². The fraction of sp³-hybridized carbons (Fsp3) is 0.923. The number of carbonyl (C=O) groups is 1. The molecule has 0 N–H and O–H groups in total. The molecule has 0 aromatic heterocycles. The minimum atomic E-state index is -1.04. The second-order valence-electron chi connectivity index (χ2n) is 6.55. The zero-order chi connectivity index (χ0) is 13.0. The average molecular weight is 244 g/mol. The molecule has 3 heteroatoms. The number of ether oxygens (including phenoxy) is 1. The molecule has 0 aliphatic carbocycles. The lowest BCUT2D eigenvalue weighted by molar-refractivity contribution is -0.161. The molecule has 2 nitrogen and oxygen atoms in total. The highest BCUT2D eigenvalue weighted by atomic mass is 28.3. The normalized spacial score (nSPS) is 14.7. The Hall–Kier alpha value is -0.313. The van der Waals surface area contributed by atoms with E-state index in [9.17, 15) is 4.79 Å². The Morgan fingerprint density at radius 2 is 1.81 bits per heavy atom. The van der Waals surface area contributed by atoms with Gasteiger partial charge < -0.3 is 4.74 Å². The number of rotatable bonds is 6. The van der Waals surface area contributed by atoms with Gasteiger partial charge in [-0.1, -0.05) is 39.5 Å². The second kappa shape index (κ2) is 5.85. The number of carbonyl (C=O) groups excluding carboxylic acids is 1. The molecular formula is C13H28O2Si. The summed E-state index contributed by atoms with van der Waals surface area (Å²) in [7, 11) is -1.04. The van der Waals surface area contributed by atoms with Gasteiger partial charge in [-0.3, -0.25) is 4.79 Å². The summed E-state index contributed by atoms with van der Waals surface area (Å²) in [6.07, 6.45) is 1.83. The van der Waals surface area contributed by atoms with E-state index in [1.807, 2.05) is 27.7 Å². The van der Waals surface area contributed by atoms with Crippen molar-refractivity contribution in [1.29, 1.82) is 0 Å². The van der Waals surface area contributed by atoms with Gasteiger partial charge in [-0.15, -0.1) is 0 Å². The molecule has 16 heavy (non-hydrogen) atoms. The molecule has 96 valence electrons. The van der Waals surface area contributed by atoms with Crippen molar-refractivity contribution >= 4 is 14.0 Å². The molecule has 1 atom stereocenters. The molecule has 0 saturated heterocycles. The van der Waals surface area contributed by atoms with Crippen molar-refractivity contribution in [2.24, 2.45) is 5.92 Å². The van der Waals surface area contributed by atoms with Crippen molar-refractivity contribution in [3.8, 4) is 0 Å². The molecule has 0 spiro atoms. The first kappa shape index (κ1) is 15.7. The summed E-state index contributed by atoms with van der Waals surface area (Å²) in [5.41, 5.74) is -0.305. The predicted octanol–water partition coefficient (Wildman–Crippen LogP) is 4.08. The van der Waals surface area contributed by atoms with Gasteiger partial charge in [-0.25, -0.2) is 0 Å². The van der Waals surface area contributed by atoms with Crippen LogP contribution in [0.15, 0.2) is 0 Å². The summed E-state index contributed by atoms with van der Waals surface area (Å²) in [5, 5.41) is 0. The highest BCUT2D eigenvalue weighted by Gasteiger charge is 2.27. The first-order valence-electron chi connectivity index (χ1n) is 6.30. The van der Waals surface area contributed by atoms with Crippen molar-refractivity contribution in [3.05, 3.63) is 0 Å². The molecule has 0 aromatic rings. The van der Waals surface area contributed by atoms with Gasteiger partial charge in [0.05, 0.1) is 5.92 Å². The molecular weight excluding hydrogens is 216 g/mol. The van der Waals surface area contributed by atoms with E-state index in [4.69, 9.17) is 4.74 Å². The lowest BCUT2D eigenvalue weighted by Gasteiger charge is -2.29. The van der Waals surface area contributed by atoms with Crippen LogP contribution in [-0.2, 0) is 9.53 Å². The quantitative estimate of drug-likeness (QED) is 0.520. The van der Waals surface area contributed by atoms with Gasteiger partial charge in [-0.2, -0.15) is 0 Å². The second-order valence-corrected chi connectivity index (χ2v) is 12.2. The van der Waals surface area contributed by atoms with Crippen molar-refractivity contribution < 1.29 is 9.53 Å². The van der Waals surface area contributed by atoms with Crippen molar-refractivity contribution in [3.63, 3.8) is 0 Å². The molecule has 0 aliphatic heterocycles. The van der Waals surface area contributed by atoms with Gasteiger partial charge in [0.15, 0.2) is 0 Å². The summed E-state index contributed by atoms with van der Waals surface area (Å²) in [6.45, 7) is 15.0. The third-order valence-electron chi connectivity index (χ3n) is 2.87. The first-order chi connectivity index (χ1) is 7.07. The monoisotopic (exact) mass is 244 g/mol. The summed E-state index contributed by atoms with van der Waals surface area (Å²) in [6, 6.07) is 1.20. The fourth-order valence-corrected chi connectivity index (χ4v) is 2.62. The molecule has 0 bridgehead atoms. The van der Waals surface area contributed by atoms with E-state index in [2.05, 4.69) is 19.6 Å². The van der Waals surface area contributed by atoms with Crippen LogP contribution in [0.2, 0.25) is 25.7 Å². The summed E-state index contributed by atoms with van der Waals surface area (Å²) in [5.74, 6) is -0.0331. The van der Waals surface area contributed by atoms with Crippen LogP contribution < -0.4 is 0 Å². The highest BCUT2D eigenvalue weighted by Crippen LogP contribution is 2.24. The van der Waals surface area contributed by atoms with Crippen molar-refractivity contribution in [1.82, 2.24) is 0 Å². The maximum absolute atomic E-state index is 11.7. The Morgan fingerprint density at radius 3 is 2.19 bits per heavy atom. The van der Waals surface area contributed by atoms with E-state index < -0.39 is 8.07 Å².